The first-order valence-corrected chi connectivity index (χ1v) is 6.76. The van der Waals surface area contributed by atoms with Gasteiger partial charge in [0.25, 0.3) is 0 Å². The topological polar surface area (TPSA) is 29.3 Å². The number of hydrogen-bond acceptors (Lipinski definition) is 2. The van der Waals surface area contributed by atoms with Crippen LogP contribution in [-0.4, -0.2) is 17.0 Å². The Labute approximate surface area is 105 Å². The van der Waals surface area contributed by atoms with Crippen LogP contribution in [-0.2, 0) is 0 Å². The van der Waals surface area contributed by atoms with Gasteiger partial charge in [0.2, 0.25) is 0 Å². The highest BCUT2D eigenvalue weighted by Crippen LogP contribution is 2.34. The van der Waals surface area contributed by atoms with Crippen LogP contribution in [0.4, 0.5) is 5.69 Å². The third kappa shape index (κ3) is 2.47. The van der Waals surface area contributed by atoms with Crippen LogP contribution in [0.1, 0.15) is 51.6 Å². The molecule has 1 saturated heterocycles. The van der Waals surface area contributed by atoms with E-state index in [1.807, 2.05) is 12.1 Å². The summed E-state index contributed by atoms with van der Waals surface area (Å²) in [6.07, 6.45) is 3.93. The van der Waals surface area contributed by atoms with E-state index >= 15 is 0 Å². The molecule has 2 nitrogen and oxygen atoms in total. The van der Waals surface area contributed by atoms with Gasteiger partial charge in [0.1, 0.15) is 0 Å². The van der Waals surface area contributed by atoms with Gasteiger partial charge in [-0.3, -0.25) is 4.90 Å². The van der Waals surface area contributed by atoms with Crippen molar-refractivity contribution in [3.8, 4) is 0 Å². The molecule has 1 fully saturated rings. The predicted octanol–water partition coefficient (Wildman–Crippen LogP) is 3.59. The van der Waals surface area contributed by atoms with Crippen LogP contribution in [0.3, 0.4) is 0 Å². The summed E-state index contributed by atoms with van der Waals surface area (Å²) in [5, 5.41) is 0. The van der Waals surface area contributed by atoms with Crippen LogP contribution in [0, 0.1) is 0 Å². The van der Waals surface area contributed by atoms with Gasteiger partial charge in [0.05, 0.1) is 0 Å². The maximum absolute atomic E-state index is 5.75. The van der Waals surface area contributed by atoms with Gasteiger partial charge in [0.15, 0.2) is 0 Å². The molecule has 17 heavy (non-hydrogen) atoms. The zero-order chi connectivity index (χ0) is 12.4. The summed E-state index contributed by atoms with van der Waals surface area (Å²) in [4.78, 5) is 2.67. The van der Waals surface area contributed by atoms with Crippen LogP contribution >= 0.6 is 0 Å². The molecule has 94 valence electrons. The minimum atomic E-state index is 0.498. The molecular weight excluding hydrogens is 208 g/mol. The first-order valence-electron chi connectivity index (χ1n) is 6.76. The van der Waals surface area contributed by atoms with Crippen molar-refractivity contribution >= 4 is 5.69 Å². The quantitative estimate of drug-likeness (QED) is 0.807. The standard InChI is InChI=1S/C15H24N2/c1-4-15-10-5-11(2)17(15)12(3)13-6-8-14(16)9-7-13/h6-9,11-12,15H,4-5,10,16H2,1-3H3. The minimum absolute atomic E-state index is 0.498. The number of benzene rings is 1. The van der Waals surface area contributed by atoms with Gasteiger partial charge in [-0.25, -0.2) is 0 Å². The zero-order valence-corrected chi connectivity index (χ0v) is 11.2. The molecule has 1 aliphatic rings. The van der Waals surface area contributed by atoms with E-state index in [-0.39, 0.29) is 0 Å². The zero-order valence-electron chi connectivity index (χ0n) is 11.2. The number of nitrogen functional groups attached to an aromatic ring is 1. The Balaban J connectivity index is 2.18. The molecule has 0 spiro atoms. The van der Waals surface area contributed by atoms with E-state index in [2.05, 4.69) is 37.8 Å². The molecule has 3 atom stereocenters. The average molecular weight is 232 g/mol. The Morgan fingerprint density at radius 3 is 2.53 bits per heavy atom. The van der Waals surface area contributed by atoms with Crippen LogP contribution < -0.4 is 5.73 Å². The lowest BCUT2D eigenvalue weighted by molar-refractivity contribution is 0.144. The molecule has 1 heterocycles. The third-order valence-electron chi connectivity index (χ3n) is 4.19. The first-order chi connectivity index (χ1) is 8.13. The fraction of sp³-hybridized carbons (Fsp3) is 0.600. The van der Waals surface area contributed by atoms with Gasteiger partial charge < -0.3 is 5.73 Å². The maximum Gasteiger partial charge on any atom is 0.0325 e. The van der Waals surface area contributed by atoms with Crippen molar-refractivity contribution in [2.75, 3.05) is 5.73 Å². The monoisotopic (exact) mass is 232 g/mol. The molecule has 0 bridgehead atoms. The molecule has 2 N–H and O–H groups in total. The van der Waals surface area contributed by atoms with Gasteiger partial charge in [-0.2, -0.15) is 0 Å². The SMILES string of the molecule is CCC1CCC(C)N1C(C)c1ccc(N)cc1. The second kappa shape index (κ2) is 5.09. The van der Waals surface area contributed by atoms with Crippen LogP contribution in [0.25, 0.3) is 0 Å². The summed E-state index contributed by atoms with van der Waals surface area (Å²) in [5.41, 5.74) is 7.98. The molecule has 2 rings (SSSR count). The molecule has 0 saturated carbocycles. The highest BCUT2D eigenvalue weighted by molar-refractivity contribution is 5.40. The molecule has 1 aromatic rings. The smallest absolute Gasteiger partial charge is 0.0325 e. The Kier molecular flexibility index (Phi) is 3.72. The molecule has 0 aromatic heterocycles. The Morgan fingerprint density at radius 2 is 1.94 bits per heavy atom. The summed E-state index contributed by atoms with van der Waals surface area (Å²) in [7, 11) is 0. The Bertz CT molecular complexity index is 358. The number of nitrogens with two attached hydrogens (primary N) is 1. The van der Waals surface area contributed by atoms with Crippen LogP contribution in [0.2, 0.25) is 0 Å². The van der Waals surface area contributed by atoms with E-state index in [4.69, 9.17) is 5.73 Å². The summed E-state index contributed by atoms with van der Waals surface area (Å²) >= 11 is 0. The van der Waals surface area contributed by atoms with E-state index in [1.54, 1.807) is 0 Å². The fourth-order valence-electron chi connectivity index (χ4n) is 3.15. The Hall–Kier alpha value is -1.02. The molecule has 2 heteroatoms. The lowest BCUT2D eigenvalue weighted by atomic mass is 10.0. The summed E-state index contributed by atoms with van der Waals surface area (Å²) in [6.45, 7) is 6.96. The second-order valence-electron chi connectivity index (χ2n) is 5.28. The highest BCUT2D eigenvalue weighted by atomic mass is 15.2. The predicted molar refractivity (Wildman–Crippen MR) is 73.9 cm³/mol. The lowest BCUT2D eigenvalue weighted by Gasteiger charge is -2.34. The first kappa shape index (κ1) is 12.4. The fourth-order valence-corrected chi connectivity index (χ4v) is 3.15. The average Bonchev–Trinajstić information content (AvgIpc) is 2.70. The van der Waals surface area contributed by atoms with Crippen molar-refractivity contribution in [3.05, 3.63) is 29.8 Å². The van der Waals surface area contributed by atoms with Crippen molar-refractivity contribution in [1.29, 1.82) is 0 Å². The van der Waals surface area contributed by atoms with Crippen molar-refractivity contribution in [3.63, 3.8) is 0 Å². The Morgan fingerprint density at radius 1 is 1.29 bits per heavy atom. The van der Waals surface area contributed by atoms with E-state index in [0.717, 1.165) is 11.7 Å². The van der Waals surface area contributed by atoms with Crippen molar-refractivity contribution in [2.45, 2.75) is 58.2 Å². The van der Waals surface area contributed by atoms with Crippen LogP contribution in [0.5, 0.6) is 0 Å². The molecule has 0 amide bonds. The van der Waals surface area contributed by atoms with E-state index in [1.165, 1.54) is 24.8 Å². The molecule has 1 aromatic carbocycles. The second-order valence-corrected chi connectivity index (χ2v) is 5.28. The normalized spacial score (nSPS) is 27.2. The number of nitrogens with zero attached hydrogens (tertiary/aromatic N) is 1. The maximum atomic E-state index is 5.75. The van der Waals surface area contributed by atoms with Gasteiger partial charge in [-0.1, -0.05) is 19.1 Å². The summed E-state index contributed by atoms with van der Waals surface area (Å²) in [5.74, 6) is 0. The molecule has 0 aliphatic carbocycles. The molecular formula is C15H24N2. The number of likely N-dealkylation sites (tertiary alicyclic amines) is 1. The minimum Gasteiger partial charge on any atom is -0.399 e. The number of hydrogen-bond donors (Lipinski definition) is 1. The number of anilines is 1. The van der Waals surface area contributed by atoms with E-state index in [9.17, 15) is 0 Å². The van der Waals surface area contributed by atoms with E-state index in [0.29, 0.717) is 12.1 Å². The largest absolute Gasteiger partial charge is 0.399 e. The highest BCUT2D eigenvalue weighted by Gasteiger charge is 2.33. The molecule has 3 unspecified atom stereocenters. The van der Waals surface area contributed by atoms with Gasteiger partial charge in [0, 0.05) is 23.8 Å². The van der Waals surface area contributed by atoms with Gasteiger partial charge >= 0.3 is 0 Å². The number of rotatable bonds is 3. The summed E-state index contributed by atoms with van der Waals surface area (Å²) in [6, 6.07) is 10.3. The van der Waals surface area contributed by atoms with Crippen molar-refractivity contribution in [1.82, 2.24) is 4.90 Å². The molecule has 0 radical (unpaired) electrons. The summed E-state index contributed by atoms with van der Waals surface area (Å²) < 4.78 is 0. The van der Waals surface area contributed by atoms with E-state index < -0.39 is 0 Å². The van der Waals surface area contributed by atoms with Crippen molar-refractivity contribution < 1.29 is 0 Å². The van der Waals surface area contributed by atoms with Gasteiger partial charge in [-0.05, 0) is 50.8 Å². The molecule has 1 aliphatic heterocycles. The van der Waals surface area contributed by atoms with Crippen LogP contribution in [0.15, 0.2) is 24.3 Å². The van der Waals surface area contributed by atoms with Gasteiger partial charge in [-0.15, -0.1) is 0 Å². The van der Waals surface area contributed by atoms with Crippen molar-refractivity contribution in [2.24, 2.45) is 0 Å². The third-order valence-corrected chi connectivity index (χ3v) is 4.19. The lowest BCUT2D eigenvalue weighted by Crippen LogP contribution is -2.36.